The molecule has 0 spiro atoms. The number of nitriles is 1. The van der Waals surface area contributed by atoms with Crippen LogP contribution in [0.1, 0.15) is 59.1 Å². The molecule has 116 valence electrons. The minimum Gasteiger partial charge on any atom is -0.309 e. The SMILES string of the molecule is CC(C)(CCC#N)CNC(c1ccc(F)cc1)C(C)(C)C. The van der Waals surface area contributed by atoms with Crippen LogP contribution in [0.4, 0.5) is 4.39 Å². The molecule has 21 heavy (non-hydrogen) atoms. The minimum absolute atomic E-state index is 0.0309. The van der Waals surface area contributed by atoms with Gasteiger partial charge in [0.05, 0.1) is 6.07 Å². The quantitative estimate of drug-likeness (QED) is 0.814. The van der Waals surface area contributed by atoms with Crippen LogP contribution in [0, 0.1) is 28.0 Å². The van der Waals surface area contributed by atoms with Crippen molar-refractivity contribution in [1.29, 1.82) is 5.26 Å². The Bertz CT molecular complexity index is 477. The lowest BCUT2D eigenvalue weighted by Gasteiger charge is -2.35. The number of nitrogens with zero attached hydrogens (tertiary/aromatic N) is 1. The first-order valence-corrected chi connectivity index (χ1v) is 7.51. The Balaban J connectivity index is 2.81. The number of benzene rings is 1. The van der Waals surface area contributed by atoms with Gasteiger partial charge < -0.3 is 5.32 Å². The molecule has 1 atom stereocenters. The van der Waals surface area contributed by atoms with Crippen LogP contribution >= 0.6 is 0 Å². The molecule has 1 unspecified atom stereocenters. The number of rotatable bonds is 6. The van der Waals surface area contributed by atoms with Gasteiger partial charge in [-0.2, -0.15) is 5.26 Å². The maximum absolute atomic E-state index is 13.1. The highest BCUT2D eigenvalue weighted by Gasteiger charge is 2.28. The Labute approximate surface area is 128 Å². The molecule has 1 aromatic carbocycles. The number of hydrogen-bond acceptors (Lipinski definition) is 2. The van der Waals surface area contributed by atoms with E-state index in [0.29, 0.717) is 6.42 Å². The normalized spacial score (nSPS) is 13.8. The van der Waals surface area contributed by atoms with Gasteiger partial charge in [-0.25, -0.2) is 4.39 Å². The first kappa shape index (κ1) is 17.7. The lowest BCUT2D eigenvalue weighted by atomic mass is 9.80. The van der Waals surface area contributed by atoms with Crippen molar-refractivity contribution in [2.24, 2.45) is 10.8 Å². The average Bonchev–Trinajstić information content (AvgIpc) is 2.37. The molecular weight excluding hydrogens is 263 g/mol. The summed E-state index contributed by atoms with van der Waals surface area (Å²) in [4.78, 5) is 0. The highest BCUT2D eigenvalue weighted by molar-refractivity contribution is 5.21. The van der Waals surface area contributed by atoms with E-state index in [1.807, 2.05) is 12.1 Å². The fourth-order valence-corrected chi connectivity index (χ4v) is 2.44. The summed E-state index contributed by atoms with van der Waals surface area (Å²) >= 11 is 0. The van der Waals surface area contributed by atoms with E-state index in [1.54, 1.807) is 0 Å². The van der Waals surface area contributed by atoms with Crippen molar-refractivity contribution < 1.29 is 4.39 Å². The van der Waals surface area contributed by atoms with Crippen LogP contribution in [0.25, 0.3) is 0 Å². The third-order valence-corrected chi connectivity index (χ3v) is 3.77. The van der Waals surface area contributed by atoms with E-state index in [9.17, 15) is 4.39 Å². The van der Waals surface area contributed by atoms with Gasteiger partial charge >= 0.3 is 0 Å². The maximum atomic E-state index is 13.1. The van der Waals surface area contributed by atoms with Crippen molar-refractivity contribution in [3.05, 3.63) is 35.6 Å². The number of halogens is 1. The topological polar surface area (TPSA) is 35.8 Å². The molecule has 0 radical (unpaired) electrons. The molecule has 0 bridgehead atoms. The van der Waals surface area contributed by atoms with Crippen LogP contribution in [0.15, 0.2) is 24.3 Å². The van der Waals surface area contributed by atoms with Gasteiger partial charge in [0.15, 0.2) is 0 Å². The minimum atomic E-state index is -0.208. The van der Waals surface area contributed by atoms with Crippen LogP contribution < -0.4 is 5.32 Å². The first-order valence-electron chi connectivity index (χ1n) is 7.51. The molecule has 1 aromatic rings. The highest BCUT2D eigenvalue weighted by atomic mass is 19.1. The van der Waals surface area contributed by atoms with E-state index in [4.69, 9.17) is 5.26 Å². The Kier molecular flexibility index (Phi) is 5.92. The molecule has 1 N–H and O–H groups in total. The van der Waals surface area contributed by atoms with Crippen molar-refractivity contribution in [2.75, 3.05) is 6.54 Å². The molecule has 0 aliphatic rings. The van der Waals surface area contributed by atoms with Gasteiger partial charge in [-0.3, -0.25) is 0 Å². The van der Waals surface area contributed by atoms with Gasteiger partial charge in [-0.15, -0.1) is 0 Å². The summed E-state index contributed by atoms with van der Waals surface area (Å²) in [6, 6.07) is 9.08. The fourth-order valence-electron chi connectivity index (χ4n) is 2.44. The smallest absolute Gasteiger partial charge is 0.123 e. The second-order valence-electron chi connectivity index (χ2n) is 7.55. The van der Waals surface area contributed by atoms with Gasteiger partial charge in [-0.1, -0.05) is 46.8 Å². The summed E-state index contributed by atoms with van der Waals surface area (Å²) in [7, 11) is 0. The standard InChI is InChI=1S/C18H27FN2/c1-17(2,3)16(14-7-9-15(19)10-8-14)21-13-18(4,5)11-6-12-20/h7-10,16,21H,6,11,13H2,1-5H3. The summed E-state index contributed by atoms with van der Waals surface area (Å²) in [6.45, 7) is 11.7. The molecule has 1 rings (SSSR count). The lowest BCUT2D eigenvalue weighted by molar-refractivity contribution is 0.226. The Morgan fingerprint density at radius 1 is 1.14 bits per heavy atom. The van der Waals surface area contributed by atoms with Gasteiger partial charge in [0.1, 0.15) is 5.82 Å². The molecule has 0 heterocycles. The second kappa shape index (κ2) is 7.04. The molecule has 0 aliphatic heterocycles. The molecule has 3 heteroatoms. The summed E-state index contributed by atoms with van der Waals surface area (Å²) in [6.07, 6.45) is 1.45. The molecular formula is C18H27FN2. The van der Waals surface area contributed by atoms with Crippen LogP contribution in [-0.2, 0) is 0 Å². The molecule has 2 nitrogen and oxygen atoms in total. The van der Waals surface area contributed by atoms with E-state index >= 15 is 0 Å². The van der Waals surface area contributed by atoms with Gasteiger partial charge in [-0.05, 0) is 34.9 Å². The predicted molar refractivity (Wildman–Crippen MR) is 85.2 cm³/mol. The Hall–Kier alpha value is -1.40. The van der Waals surface area contributed by atoms with Crippen molar-refractivity contribution in [1.82, 2.24) is 5.32 Å². The number of hydrogen-bond donors (Lipinski definition) is 1. The van der Waals surface area contributed by atoms with Crippen LogP contribution in [-0.4, -0.2) is 6.54 Å². The molecule has 0 saturated heterocycles. The van der Waals surface area contributed by atoms with E-state index in [-0.39, 0.29) is 22.7 Å². The average molecular weight is 290 g/mol. The summed E-state index contributed by atoms with van der Waals surface area (Å²) in [5.74, 6) is -0.208. The summed E-state index contributed by atoms with van der Waals surface area (Å²) < 4.78 is 13.1. The van der Waals surface area contributed by atoms with Crippen molar-refractivity contribution in [3.8, 4) is 6.07 Å². The Morgan fingerprint density at radius 3 is 2.19 bits per heavy atom. The van der Waals surface area contributed by atoms with Crippen molar-refractivity contribution >= 4 is 0 Å². The third-order valence-electron chi connectivity index (χ3n) is 3.77. The molecule has 0 aromatic heterocycles. The maximum Gasteiger partial charge on any atom is 0.123 e. The Morgan fingerprint density at radius 2 is 1.71 bits per heavy atom. The van der Waals surface area contributed by atoms with Crippen LogP contribution in [0.3, 0.4) is 0 Å². The zero-order valence-electron chi connectivity index (χ0n) is 13.8. The molecule has 0 amide bonds. The summed E-state index contributed by atoms with van der Waals surface area (Å²) in [5, 5.41) is 12.3. The van der Waals surface area contributed by atoms with E-state index < -0.39 is 0 Å². The van der Waals surface area contributed by atoms with Crippen LogP contribution in [0.2, 0.25) is 0 Å². The monoisotopic (exact) mass is 290 g/mol. The predicted octanol–water partition coefficient (Wildman–Crippen LogP) is 4.83. The lowest BCUT2D eigenvalue weighted by Crippen LogP contribution is -2.38. The summed E-state index contributed by atoms with van der Waals surface area (Å²) in [5.41, 5.74) is 1.20. The van der Waals surface area contributed by atoms with Crippen molar-refractivity contribution in [3.63, 3.8) is 0 Å². The van der Waals surface area contributed by atoms with Gasteiger partial charge in [0.2, 0.25) is 0 Å². The van der Waals surface area contributed by atoms with Crippen LogP contribution in [0.5, 0.6) is 0 Å². The second-order valence-corrected chi connectivity index (χ2v) is 7.55. The third kappa shape index (κ3) is 5.85. The van der Waals surface area contributed by atoms with E-state index in [2.05, 4.69) is 46.0 Å². The zero-order chi connectivity index (χ0) is 16.1. The molecule has 0 saturated carbocycles. The first-order chi connectivity index (χ1) is 9.65. The van der Waals surface area contributed by atoms with E-state index in [0.717, 1.165) is 18.5 Å². The molecule has 0 aliphatic carbocycles. The largest absolute Gasteiger partial charge is 0.309 e. The van der Waals surface area contributed by atoms with Gasteiger partial charge in [0.25, 0.3) is 0 Å². The van der Waals surface area contributed by atoms with Gasteiger partial charge in [0, 0.05) is 19.0 Å². The number of nitrogens with one attached hydrogen (secondary N) is 1. The van der Waals surface area contributed by atoms with E-state index in [1.165, 1.54) is 12.1 Å². The fraction of sp³-hybridized carbons (Fsp3) is 0.611. The molecule has 0 fully saturated rings. The highest BCUT2D eigenvalue weighted by Crippen LogP contribution is 2.34. The zero-order valence-corrected chi connectivity index (χ0v) is 13.8. The van der Waals surface area contributed by atoms with Crippen molar-refractivity contribution in [2.45, 2.75) is 53.5 Å².